The molecule has 0 N–H and O–H groups in total. The molecule has 1 aromatic heterocycles. The molecule has 33 heavy (non-hydrogen) atoms. The van der Waals surface area contributed by atoms with Gasteiger partial charge in [-0.25, -0.2) is 4.98 Å². The van der Waals surface area contributed by atoms with Crippen LogP contribution in [0.15, 0.2) is 36.4 Å². The average Bonchev–Trinajstić information content (AvgIpc) is 3.41. The summed E-state index contributed by atoms with van der Waals surface area (Å²) >= 11 is 1.51. The van der Waals surface area contributed by atoms with Crippen molar-refractivity contribution in [3.8, 4) is 11.5 Å². The fraction of sp³-hybridized carbons (Fsp3) is 0.417. The standard InChI is InChI=1S/C24H30N4O3S.ClH/c1-5-27(6-2)18-10-8-17(9-11-18)23(29)28(13-7-12-26(3)4)24-25-19-14-20-21(31-16-30-20)15-22(19)32-24;/h8-11,14-15H,5-7,12-13,16H2,1-4H3;1H. The van der Waals surface area contributed by atoms with Crippen molar-refractivity contribution < 1.29 is 14.3 Å². The van der Waals surface area contributed by atoms with Crippen LogP contribution in [0.2, 0.25) is 0 Å². The number of carbonyl (C=O) groups is 1. The molecule has 0 saturated heterocycles. The highest BCUT2D eigenvalue weighted by Crippen LogP contribution is 2.40. The summed E-state index contributed by atoms with van der Waals surface area (Å²) in [7, 11) is 4.08. The number of aromatic nitrogens is 1. The van der Waals surface area contributed by atoms with Crippen molar-refractivity contribution in [2.45, 2.75) is 20.3 Å². The van der Waals surface area contributed by atoms with E-state index in [9.17, 15) is 4.79 Å². The third-order valence-corrected chi connectivity index (χ3v) is 6.62. The van der Waals surface area contributed by atoms with Crippen LogP contribution in [0.4, 0.5) is 10.8 Å². The third kappa shape index (κ3) is 5.51. The smallest absolute Gasteiger partial charge is 0.260 e. The Morgan fingerprint density at radius 1 is 1.03 bits per heavy atom. The van der Waals surface area contributed by atoms with Crippen LogP contribution in [-0.2, 0) is 0 Å². The van der Waals surface area contributed by atoms with Gasteiger partial charge in [-0.3, -0.25) is 9.69 Å². The molecule has 4 rings (SSSR count). The molecule has 0 saturated carbocycles. The Bertz CT molecular complexity index is 1040. The molecular weight excluding hydrogens is 460 g/mol. The molecule has 178 valence electrons. The summed E-state index contributed by atoms with van der Waals surface area (Å²) in [5.41, 5.74) is 2.61. The van der Waals surface area contributed by atoms with Gasteiger partial charge in [0.05, 0.1) is 10.2 Å². The summed E-state index contributed by atoms with van der Waals surface area (Å²) in [5, 5.41) is 0.695. The number of thiazole rings is 1. The molecule has 7 nitrogen and oxygen atoms in total. The topological polar surface area (TPSA) is 58.1 Å². The van der Waals surface area contributed by atoms with Crippen molar-refractivity contribution in [2.75, 3.05) is 56.9 Å². The minimum Gasteiger partial charge on any atom is -0.454 e. The maximum absolute atomic E-state index is 13.5. The van der Waals surface area contributed by atoms with E-state index in [1.54, 1.807) is 4.90 Å². The van der Waals surface area contributed by atoms with E-state index in [1.807, 2.05) is 50.5 Å². The van der Waals surface area contributed by atoms with Crippen LogP contribution in [0.1, 0.15) is 30.6 Å². The first-order chi connectivity index (χ1) is 15.5. The van der Waals surface area contributed by atoms with Gasteiger partial charge in [-0.1, -0.05) is 11.3 Å². The van der Waals surface area contributed by atoms with Crippen LogP contribution in [0.5, 0.6) is 11.5 Å². The summed E-state index contributed by atoms with van der Waals surface area (Å²) in [4.78, 5) is 24.5. The van der Waals surface area contributed by atoms with Crippen LogP contribution in [0, 0.1) is 0 Å². The Kier molecular flexibility index (Phi) is 8.40. The van der Waals surface area contributed by atoms with Crippen LogP contribution in [-0.4, -0.2) is 62.9 Å². The molecule has 1 aliphatic heterocycles. The third-order valence-electron chi connectivity index (χ3n) is 5.58. The molecule has 1 amide bonds. The fourth-order valence-corrected chi connectivity index (χ4v) is 4.81. The number of carbonyl (C=O) groups excluding carboxylic acids is 1. The molecule has 0 aliphatic carbocycles. The Labute approximate surface area is 205 Å². The number of halogens is 1. The van der Waals surface area contributed by atoms with Crippen LogP contribution < -0.4 is 19.3 Å². The minimum absolute atomic E-state index is 0. The first kappa shape index (κ1) is 25.1. The molecule has 0 spiro atoms. The normalized spacial score (nSPS) is 12.2. The van der Waals surface area contributed by atoms with Crippen LogP contribution in [0.25, 0.3) is 10.2 Å². The second kappa shape index (κ2) is 11.0. The lowest BCUT2D eigenvalue weighted by Crippen LogP contribution is -2.33. The molecule has 0 fully saturated rings. The number of anilines is 2. The number of nitrogens with zero attached hydrogens (tertiary/aromatic N) is 4. The molecule has 2 heterocycles. The Morgan fingerprint density at radius 3 is 2.33 bits per heavy atom. The van der Waals surface area contributed by atoms with Gasteiger partial charge in [0.2, 0.25) is 6.79 Å². The monoisotopic (exact) mass is 490 g/mol. The molecule has 0 radical (unpaired) electrons. The predicted molar refractivity (Wildman–Crippen MR) is 138 cm³/mol. The SMILES string of the molecule is CCN(CC)c1ccc(C(=O)N(CCCN(C)C)c2nc3cc4c(cc3s2)OCO4)cc1.Cl. The van der Waals surface area contributed by atoms with Crippen LogP contribution >= 0.6 is 23.7 Å². The number of amides is 1. The van der Waals surface area contributed by atoms with Gasteiger partial charge in [-0.2, -0.15) is 0 Å². The molecule has 0 atom stereocenters. The van der Waals surface area contributed by atoms with Gasteiger partial charge in [0.25, 0.3) is 5.91 Å². The van der Waals surface area contributed by atoms with Gasteiger partial charge in [0, 0.05) is 43.0 Å². The largest absolute Gasteiger partial charge is 0.454 e. The molecule has 0 bridgehead atoms. The number of hydrogen-bond donors (Lipinski definition) is 0. The van der Waals surface area contributed by atoms with Gasteiger partial charge in [0.1, 0.15) is 0 Å². The lowest BCUT2D eigenvalue weighted by atomic mass is 10.1. The minimum atomic E-state index is -0.0334. The highest BCUT2D eigenvalue weighted by Gasteiger charge is 2.23. The van der Waals surface area contributed by atoms with Gasteiger partial charge >= 0.3 is 0 Å². The maximum atomic E-state index is 13.5. The quantitative estimate of drug-likeness (QED) is 0.425. The van der Waals surface area contributed by atoms with E-state index in [0.717, 1.165) is 47.7 Å². The highest BCUT2D eigenvalue weighted by molar-refractivity contribution is 7.22. The molecule has 2 aromatic carbocycles. The van der Waals surface area contributed by atoms with Crippen molar-refractivity contribution in [2.24, 2.45) is 0 Å². The van der Waals surface area contributed by atoms with E-state index in [-0.39, 0.29) is 25.1 Å². The fourth-order valence-electron chi connectivity index (χ4n) is 3.81. The predicted octanol–water partition coefficient (Wildman–Crippen LogP) is 4.89. The van der Waals surface area contributed by atoms with E-state index >= 15 is 0 Å². The molecule has 0 unspecified atom stereocenters. The summed E-state index contributed by atoms with van der Waals surface area (Å²) in [6, 6.07) is 11.7. The highest BCUT2D eigenvalue weighted by atomic mass is 35.5. The summed E-state index contributed by atoms with van der Waals surface area (Å²) < 4.78 is 12.0. The number of hydrogen-bond acceptors (Lipinski definition) is 7. The molecule has 9 heteroatoms. The van der Waals surface area contributed by atoms with Crippen molar-refractivity contribution in [1.29, 1.82) is 0 Å². The number of benzene rings is 2. The Morgan fingerprint density at radius 2 is 1.70 bits per heavy atom. The van der Waals surface area contributed by atoms with E-state index in [1.165, 1.54) is 11.3 Å². The lowest BCUT2D eigenvalue weighted by Gasteiger charge is -2.23. The van der Waals surface area contributed by atoms with Crippen molar-refractivity contribution >= 4 is 50.7 Å². The first-order valence-electron chi connectivity index (χ1n) is 11.0. The van der Waals surface area contributed by atoms with Gasteiger partial charge in [0.15, 0.2) is 16.6 Å². The van der Waals surface area contributed by atoms with Gasteiger partial charge in [-0.15, -0.1) is 12.4 Å². The van der Waals surface area contributed by atoms with Crippen molar-refractivity contribution in [3.63, 3.8) is 0 Å². The van der Waals surface area contributed by atoms with E-state index < -0.39 is 0 Å². The van der Waals surface area contributed by atoms with Gasteiger partial charge < -0.3 is 19.3 Å². The number of rotatable bonds is 9. The number of fused-ring (bicyclic) bond motifs is 2. The molecule has 1 aliphatic rings. The number of ether oxygens (including phenoxy) is 2. The molecular formula is C24H31ClN4O3S. The summed E-state index contributed by atoms with van der Waals surface area (Å²) in [6.45, 7) is 7.86. The van der Waals surface area contributed by atoms with Gasteiger partial charge in [-0.05, 0) is 65.2 Å². The van der Waals surface area contributed by atoms with Crippen LogP contribution in [0.3, 0.4) is 0 Å². The van der Waals surface area contributed by atoms with E-state index in [2.05, 4.69) is 23.6 Å². The maximum Gasteiger partial charge on any atom is 0.260 e. The second-order valence-electron chi connectivity index (χ2n) is 8.00. The Hall–Kier alpha value is -2.55. The van der Waals surface area contributed by atoms with E-state index in [0.29, 0.717) is 23.0 Å². The second-order valence-corrected chi connectivity index (χ2v) is 9.01. The lowest BCUT2D eigenvalue weighted by molar-refractivity contribution is 0.0986. The average molecular weight is 491 g/mol. The summed E-state index contributed by atoms with van der Waals surface area (Å²) in [6.07, 6.45) is 0.856. The zero-order chi connectivity index (χ0) is 22.7. The van der Waals surface area contributed by atoms with Crippen molar-refractivity contribution in [1.82, 2.24) is 9.88 Å². The summed E-state index contributed by atoms with van der Waals surface area (Å²) in [5.74, 6) is 1.39. The zero-order valence-electron chi connectivity index (χ0n) is 19.5. The zero-order valence-corrected chi connectivity index (χ0v) is 21.2. The molecule has 3 aromatic rings. The first-order valence-corrected chi connectivity index (χ1v) is 11.8. The Balaban J connectivity index is 0.00000306. The van der Waals surface area contributed by atoms with Crippen molar-refractivity contribution in [3.05, 3.63) is 42.0 Å². The van der Waals surface area contributed by atoms with E-state index in [4.69, 9.17) is 14.5 Å².